The maximum Gasteiger partial charge on any atom is 0.416 e. The number of nitrogens with one attached hydrogen (secondary N) is 1. The highest BCUT2D eigenvalue weighted by molar-refractivity contribution is 6.31. The minimum absolute atomic E-state index is 0.0793. The molecule has 0 bridgehead atoms. The van der Waals surface area contributed by atoms with Gasteiger partial charge in [0.2, 0.25) is 5.91 Å². The molecular formula is C16H13ClF4N2O. The highest BCUT2D eigenvalue weighted by atomic mass is 35.5. The number of amides is 1. The first-order valence-corrected chi connectivity index (χ1v) is 7.18. The fourth-order valence-electron chi connectivity index (χ4n) is 1.96. The number of carbonyl (C=O) groups excluding carboxylic acids is 1. The molecule has 0 atom stereocenters. The van der Waals surface area contributed by atoms with Crippen LogP contribution in [-0.4, -0.2) is 19.5 Å². The van der Waals surface area contributed by atoms with Gasteiger partial charge in [-0.3, -0.25) is 4.79 Å². The van der Waals surface area contributed by atoms with E-state index in [0.717, 1.165) is 12.1 Å². The van der Waals surface area contributed by atoms with E-state index in [1.165, 1.54) is 42.3 Å². The molecule has 0 heterocycles. The number of carbonyl (C=O) groups is 1. The van der Waals surface area contributed by atoms with Crippen molar-refractivity contribution in [3.05, 3.63) is 58.9 Å². The molecular weight excluding hydrogens is 348 g/mol. The van der Waals surface area contributed by atoms with Crippen molar-refractivity contribution in [2.24, 2.45) is 0 Å². The van der Waals surface area contributed by atoms with Crippen molar-refractivity contribution >= 4 is 28.9 Å². The lowest BCUT2D eigenvalue weighted by molar-refractivity contribution is -0.137. The van der Waals surface area contributed by atoms with Gasteiger partial charge in [-0.1, -0.05) is 11.6 Å². The van der Waals surface area contributed by atoms with Crippen LogP contribution in [-0.2, 0) is 11.0 Å². The maximum atomic E-state index is 12.9. The standard InChI is InChI=1S/C16H13ClF4N2O/c1-23(14-4-2-12(18)3-5-14)15(24)9-22-13-7-10(16(19,20)21)6-11(17)8-13/h2-8,22H,9H2,1H3. The van der Waals surface area contributed by atoms with Crippen LogP contribution in [0.2, 0.25) is 5.02 Å². The summed E-state index contributed by atoms with van der Waals surface area (Å²) in [4.78, 5) is 13.3. The molecule has 0 aliphatic rings. The van der Waals surface area contributed by atoms with Gasteiger partial charge in [0, 0.05) is 23.4 Å². The number of halogens is 5. The normalized spacial score (nSPS) is 11.2. The number of anilines is 2. The molecule has 2 aromatic rings. The predicted molar refractivity (Wildman–Crippen MR) is 84.8 cm³/mol. The van der Waals surface area contributed by atoms with E-state index in [-0.39, 0.29) is 17.3 Å². The Morgan fingerprint density at radius 2 is 1.79 bits per heavy atom. The van der Waals surface area contributed by atoms with Crippen molar-refractivity contribution in [2.45, 2.75) is 6.18 Å². The quantitative estimate of drug-likeness (QED) is 0.810. The number of likely N-dealkylation sites (N-methyl/N-ethyl adjacent to an activating group) is 1. The van der Waals surface area contributed by atoms with Crippen LogP contribution < -0.4 is 10.2 Å². The molecule has 0 aliphatic carbocycles. The first kappa shape index (κ1) is 18.1. The SMILES string of the molecule is CN(C(=O)CNc1cc(Cl)cc(C(F)(F)F)c1)c1ccc(F)cc1. The largest absolute Gasteiger partial charge is 0.416 e. The fraction of sp³-hybridized carbons (Fsp3) is 0.188. The predicted octanol–water partition coefficient (Wildman–Crippen LogP) is 4.57. The number of benzene rings is 2. The Kier molecular flexibility index (Phi) is 5.33. The van der Waals surface area contributed by atoms with Crippen molar-refractivity contribution < 1.29 is 22.4 Å². The zero-order valence-electron chi connectivity index (χ0n) is 12.5. The van der Waals surface area contributed by atoms with E-state index in [1.807, 2.05) is 0 Å². The molecule has 1 N–H and O–H groups in total. The summed E-state index contributed by atoms with van der Waals surface area (Å²) in [5.74, 6) is -0.841. The van der Waals surface area contributed by atoms with Gasteiger partial charge in [0.25, 0.3) is 0 Å². The fourth-order valence-corrected chi connectivity index (χ4v) is 2.20. The van der Waals surface area contributed by atoms with Crippen LogP contribution in [0.3, 0.4) is 0 Å². The molecule has 0 radical (unpaired) electrons. The lowest BCUT2D eigenvalue weighted by Gasteiger charge is -2.18. The number of hydrogen-bond donors (Lipinski definition) is 1. The number of rotatable bonds is 4. The molecule has 128 valence electrons. The van der Waals surface area contributed by atoms with Crippen LogP contribution in [0.25, 0.3) is 0 Å². The lowest BCUT2D eigenvalue weighted by Crippen LogP contribution is -2.32. The summed E-state index contributed by atoms with van der Waals surface area (Å²) in [6, 6.07) is 8.24. The van der Waals surface area contributed by atoms with Gasteiger partial charge in [-0.2, -0.15) is 13.2 Å². The monoisotopic (exact) mass is 360 g/mol. The average Bonchev–Trinajstić information content (AvgIpc) is 2.51. The Hall–Kier alpha value is -2.28. The molecule has 2 aromatic carbocycles. The molecule has 24 heavy (non-hydrogen) atoms. The highest BCUT2D eigenvalue weighted by Gasteiger charge is 2.31. The zero-order valence-corrected chi connectivity index (χ0v) is 13.2. The molecule has 0 aliphatic heterocycles. The first-order chi connectivity index (χ1) is 11.2. The van der Waals surface area contributed by atoms with E-state index in [0.29, 0.717) is 5.69 Å². The molecule has 0 saturated carbocycles. The summed E-state index contributed by atoms with van der Waals surface area (Å²) in [6.45, 7) is -0.245. The van der Waals surface area contributed by atoms with Crippen LogP contribution in [0.15, 0.2) is 42.5 Å². The van der Waals surface area contributed by atoms with Crippen LogP contribution >= 0.6 is 11.6 Å². The van der Waals surface area contributed by atoms with Gasteiger partial charge in [-0.05, 0) is 42.5 Å². The second kappa shape index (κ2) is 7.09. The van der Waals surface area contributed by atoms with Crippen LogP contribution in [0, 0.1) is 5.82 Å². The molecule has 0 fully saturated rings. The van der Waals surface area contributed by atoms with E-state index in [4.69, 9.17) is 11.6 Å². The van der Waals surface area contributed by atoms with Crippen molar-refractivity contribution in [3.63, 3.8) is 0 Å². The maximum absolute atomic E-state index is 12.9. The van der Waals surface area contributed by atoms with Gasteiger partial charge >= 0.3 is 6.18 Å². The summed E-state index contributed by atoms with van der Waals surface area (Å²) < 4.78 is 51.1. The number of nitrogens with zero attached hydrogens (tertiary/aromatic N) is 1. The Balaban J connectivity index is 2.06. The van der Waals surface area contributed by atoms with E-state index in [1.54, 1.807) is 0 Å². The summed E-state index contributed by atoms with van der Waals surface area (Å²) in [7, 11) is 1.48. The third-order valence-electron chi connectivity index (χ3n) is 3.26. The number of hydrogen-bond acceptors (Lipinski definition) is 2. The Bertz CT molecular complexity index is 732. The average molecular weight is 361 g/mol. The second-order valence-electron chi connectivity index (χ2n) is 5.01. The minimum Gasteiger partial charge on any atom is -0.376 e. The second-order valence-corrected chi connectivity index (χ2v) is 5.45. The van der Waals surface area contributed by atoms with E-state index >= 15 is 0 Å². The molecule has 8 heteroatoms. The number of alkyl halides is 3. The molecule has 0 aromatic heterocycles. The topological polar surface area (TPSA) is 32.3 Å². The van der Waals surface area contributed by atoms with Gasteiger partial charge in [-0.25, -0.2) is 4.39 Å². The first-order valence-electron chi connectivity index (χ1n) is 6.80. The van der Waals surface area contributed by atoms with Crippen molar-refractivity contribution in [1.29, 1.82) is 0 Å². The van der Waals surface area contributed by atoms with Gasteiger partial charge in [-0.15, -0.1) is 0 Å². The molecule has 2 rings (SSSR count). The van der Waals surface area contributed by atoms with Gasteiger partial charge in [0.15, 0.2) is 0 Å². The summed E-state index contributed by atoms with van der Waals surface area (Å²) in [5.41, 5.74) is -0.363. The van der Waals surface area contributed by atoms with Crippen molar-refractivity contribution in [1.82, 2.24) is 0 Å². The van der Waals surface area contributed by atoms with Gasteiger partial charge < -0.3 is 10.2 Å². The Morgan fingerprint density at radius 1 is 1.17 bits per heavy atom. The summed E-state index contributed by atoms with van der Waals surface area (Å²) in [6.07, 6.45) is -4.53. The van der Waals surface area contributed by atoms with Gasteiger partial charge in [0.1, 0.15) is 5.82 Å². The van der Waals surface area contributed by atoms with E-state index in [9.17, 15) is 22.4 Å². The summed E-state index contributed by atoms with van der Waals surface area (Å²) >= 11 is 5.67. The van der Waals surface area contributed by atoms with Crippen LogP contribution in [0.4, 0.5) is 28.9 Å². The third-order valence-corrected chi connectivity index (χ3v) is 3.48. The third kappa shape index (κ3) is 4.61. The Morgan fingerprint density at radius 3 is 2.38 bits per heavy atom. The smallest absolute Gasteiger partial charge is 0.376 e. The van der Waals surface area contributed by atoms with Crippen LogP contribution in [0.5, 0.6) is 0 Å². The molecule has 0 unspecified atom stereocenters. The van der Waals surface area contributed by atoms with Crippen molar-refractivity contribution in [3.8, 4) is 0 Å². The lowest BCUT2D eigenvalue weighted by atomic mass is 10.2. The van der Waals surface area contributed by atoms with E-state index in [2.05, 4.69) is 5.32 Å². The molecule has 3 nitrogen and oxygen atoms in total. The van der Waals surface area contributed by atoms with Gasteiger partial charge in [0.05, 0.1) is 12.1 Å². The minimum atomic E-state index is -4.53. The molecule has 1 amide bonds. The molecule has 0 saturated heterocycles. The van der Waals surface area contributed by atoms with Crippen LogP contribution in [0.1, 0.15) is 5.56 Å². The Labute approximate surface area is 140 Å². The zero-order chi connectivity index (χ0) is 17.9. The summed E-state index contributed by atoms with van der Waals surface area (Å²) in [5, 5.41) is 2.52. The van der Waals surface area contributed by atoms with Crippen molar-refractivity contribution in [2.75, 3.05) is 23.8 Å². The highest BCUT2D eigenvalue weighted by Crippen LogP contribution is 2.33. The van der Waals surface area contributed by atoms with E-state index < -0.39 is 23.5 Å². The molecule has 0 spiro atoms.